The quantitative estimate of drug-likeness (QED) is 0.885. The second-order valence-corrected chi connectivity index (χ2v) is 5.51. The van der Waals surface area contributed by atoms with Crippen molar-refractivity contribution in [2.45, 2.75) is 19.4 Å². The molecule has 22 heavy (non-hydrogen) atoms. The highest BCUT2D eigenvalue weighted by atomic mass is 19.1. The zero-order valence-electron chi connectivity index (χ0n) is 12.2. The smallest absolute Gasteiger partial charge is 0.321 e. The van der Waals surface area contributed by atoms with Crippen molar-refractivity contribution in [1.82, 2.24) is 19.4 Å². The minimum absolute atomic E-state index is 0.163. The molecule has 1 atom stereocenters. The molecule has 0 saturated carbocycles. The molecule has 6 nitrogen and oxygen atoms in total. The van der Waals surface area contributed by atoms with Gasteiger partial charge in [0.1, 0.15) is 0 Å². The molecule has 1 aliphatic heterocycles. The number of rotatable bonds is 3. The summed E-state index contributed by atoms with van der Waals surface area (Å²) in [6, 6.07) is 2.57. The summed E-state index contributed by atoms with van der Waals surface area (Å²) in [6.45, 7) is 2.31. The molecule has 1 saturated heterocycles. The number of carbonyl (C=O) groups excluding carboxylic acids is 1. The zero-order valence-corrected chi connectivity index (χ0v) is 12.2. The Kier molecular flexibility index (Phi) is 4.32. The fourth-order valence-electron chi connectivity index (χ4n) is 2.74. The summed E-state index contributed by atoms with van der Waals surface area (Å²) in [6.07, 6.45) is 8.88. The average Bonchev–Trinajstić information content (AvgIpc) is 3.03. The van der Waals surface area contributed by atoms with Crippen molar-refractivity contribution in [2.24, 2.45) is 5.92 Å². The normalized spacial score (nSPS) is 18.2. The number of hydrogen-bond acceptors (Lipinski definition) is 3. The van der Waals surface area contributed by atoms with E-state index in [-0.39, 0.29) is 6.03 Å². The molecule has 2 amide bonds. The van der Waals surface area contributed by atoms with Crippen LogP contribution in [0.3, 0.4) is 0 Å². The number of hydrogen-bond donors (Lipinski definition) is 1. The predicted octanol–water partition coefficient (Wildman–Crippen LogP) is 2.36. The first-order chi connectivity index (χ1) is 10.7. The molecule has 7 heteroatoms. The van der Waals surface area contributed by atoms with Crippen molar-refractivity contribution >= 4 is 11.7 Å². The number of aromatic nitrogens is 3. The Morgan fingerprint density at radius 1 is 1.45 bits per heavy atom. The summed E-state index contributed by atoms with van der Waals surface area (Å²) in [5.74, 6) is -0.142. The maximum atomic E-state index is 12.8. The first-order valence-electron chi connectivity index (χ1n) is 7.34. The minimum atomic E-state index is -0.559. The Morgan fingerprint density at radius 3 is 3.09 bits per heavy atom. The van der Waals surface area contributed by atoms with Gasteiger partial charge in [0.15, 0.2) is 0 Å². The number of nitrogens with zero attached hydrogens (tertiary/aromatic N) is 4. The Morgan fingerprint density at radius 2 is 2.36 bits per heavy atom. The van der Waals surface area contributed by atoms with Crippen LogP contribution in [0.1, 0.15) is 12.8 Å². The maximum Gasteiger partial charge on any atom is 0.321 e. The number of urea groups is 1. The van der Waals surface area contributed by atoms with Crippen LogP contribution >= 0.6 is 0 Å². The summed E-state index contributed by atoms with van der Waals surface area (Å²) < 4.78 is 14.8. The van der Waals surface area contributed by atoms with Gasteiger partial charge in [-0.25, -0.2) is 14.8 Å². The van der Waals surface area contributed by atoms with Gasteiger partial charge in [-0.05, 0) is 30.9 Å². The van der Waals surface area contributed by atoms with Gasteiger partial charge in [0.2, 0.25) is 5.95 Å². The van der Waals surface area contributed by atoms with Crippen molar-refractivity contribution in [3.8, 4) is 0 Å². The summed E-state index contributed by atoms with van der Waals surface area (Å²) in [5.41, 5.74) is 0.503. The third-order valence-electron chi connectivity index (χ3n) is 3.81. The number of imidazole rings is 1. The van der Waals surface area contributed by atoms with Crippen LogP contribution in [-0.2, 0) is 6.54 Å². The van der Waals surface area contributed by atoms with Gasteiger partial charge in [-0.1, -0.05) is 0 Å². The van der Waals surface area contributed by atoms with Gasteiger partial charge in [-0.2, -0.15) is 4.39 Å². The monoisotopic (exact) mass is 303 g/mol. The molecular formula is C15H18FN5O. The van der Waals surface area contributed by atoms with E-state index in [1.54, 1.807) is 17.4 Å². The van der Waals surface area contributed by atoms with Gasteiger partial charge in [0, 0.05) is 32.0 Å². The van der Waals surface area contributed by atoms with E-state index >= 15 is 0 Å². The van der Waals surface area contributed by atoms with Gasteiger partial charge in [-0.3, -0.25) is 0 Å². The highest BCUT2D eigenvalue weighted by Gasteiger charge is 2.24. The van der Waals surface area contributed by atoms with Gasteiger partial charge >= 0.3 is 6.03 Å². The van der Waals surface area contributed by atoms with Crippen LogP contribution in [0.4, 0.5) is 14.9 Å². The third-order valence-corrected chi connectivity index (χ3v) is 3.81. The molecule has 1 aliphatic rings. The molecule has 0 spiro atoms. The highest BCUT2D eigenvalue weighted by molar-refractivity contribution is 5.89. The lowest BCUT2D eigenvalue weighted by atomic mass is 9.98. The van der Waals surface area contributed by atoms with Crippen LogP contribution in [-0.4, -0.2) is 38.6 Å². The Hall–Kier alpha value is -2.44. The van der Waals surface area contributed by atoms with Crippen LogP contribution in [0.25, 0.3) is 0 Å². The van der Waals surface area contributed by atoms with Crippen LogP contribution in [0, 0.1) is 11.9 Å². The lowest BCUT2D eigenvalue weighted by Crippen LogP contribution is -2.43. The van der Waals surface area contributed by atoms with Crippen molar-refractivity contribution in [3.63, 3.8) is 0 Å². The van der Waals surface area contributed by atoms with E-state index in [0.717, 1.165) is 25.9 Å². The fourth-order valence-corrected chi connectivity index (χ4v) is 2.74. The molecule has 0 aliphatic carbocycles. The van der Waals surface area contributed by atoms with E-state index in [2.05, 4.69) is 15.3 Å². The Bertz CT molecular complexity index is 613. The second-order valence-electron chi connectivity index (χ2n) is 5.51. The topological polar surface area (TPSA) is 63.1 Å². The van der Waals surface area contributed by atoms with Crippen LogP contribution in [0.5, 0.6) is 0 Å². The maximum absolute atomic E-state index is 12.8. The van der Waals surface area contributed by atoms with E-state index in [1.165, 1.54) is 18.3 Å². The third kappa shape index (κ3) is 3.60. The highest BCUT2D eigenvalue weighted by Crippen LogP contribution is 2.19. The van der Waals surface area contributed by atoms with Crippen LogP contribution in [0.15, 0.2) is 37.1 Å². The first-order valence-corrected chi connectivity index (χ1v) is 7.34. The van der Waals surface area contributed by atoms with E-state index < -0.39 is 5.95 Å². The van der Waals surface area contributed by atoms with Gasteiger partial charge in [-0.15, -0.1) is 0 Å². The summed E-state index contributed by atoms with van der Waals surface area (Å²) in [4.78, 5) is 21.6. The standard InChI is InChI=1S/C15H18FN5O/c16-14-4-3-13(8-18-14)19-15(22)21-6-1-2-12(10-21)9-20-7-5-17-11-20/h3-5,7-8,11-12H,1-2,6,9-10H2,(H,19,22)/t12-/m0/s1. The molecule has 3 rings (SSSR count). The minimum Gasteiger partial charge on any atom is -0.337 e. The molecule has 2 aromatic rings. The average molecular weight is 303 g/mol. The van der Waals surface area contributed by atoms with Gasteiger partial charge in [0.25, 0.3) is 0 Å². The molecule has 0 radical (unpaired) electrons. The van der Waals surface area contributed by atoms with E-state index in [0.29, 0.717) is 18.2 Å². The molecule has 0 unspecified atom stereocenters. The number of amides is 2. The molecule has 1 fully saturated rings. The molecule has 3 heterocycles. The molecular weight excluding hydrogens is 285 g/mol. The number of likely N-dealkylation sites (tertiary alicyclic amines) is 1. The Balaban J connectivity index is 1.56. The van der Waals surface area contributed by atoms with E-state index in [4.69, 9.17) is 0 Å². The number of nitrogens with one attached hydrogen (secondary N) is 1. The van der Waals surface area contributed by atoms with Crippen molar-refractivity contribution in [3.05, 3.63) is 43.0 Å². The largest absolute Gasteiger partial charge is 0.337 e. The fraction of sp³-hybridized carbons (Fsp3) is 0.400. The van der Waals surface area contributed by atoms with E-state index in [9.17, 15) is 9.18 Å². The number of carbonyl (C=O) groups is 1. The second kappa shape index (κ2) is 6.55. The lowest BCUT2D eigenvalue weighted by molar-refractivity contribution is 0.170. The number of halogens is 1. The lowest BCUT2D eigenvalue weighted by Gasteiger charge is -2.32. The van der Waals surface area contributed by atoms with Gasteiger partial charge in [0.05, 0.1) is 18.2 Å². The number of piperidine rings is 1. The van der Waals surface area contributed by atoms with Crippen molar-refractivity contribution < 1.29 is 9.18 Å². The molecule has 1 N–H and O–H groups in total. The summed E-state index contributed by atoms with van der Waals surface area (Å²) in [5, 5.41) is 2.76. The summed E-state index contributed by atoms with van der Waals surface area (Å²) >= 11 is 0. The predicted molar refractivity (Wildman–Crippen MR) is 79.7 cm³/mol. The van der Waals surface area contributed by atoms with Gasteiger partial charge < -0.3 is 14.8 Å². The number of anilines is 1. The zero-order chi connectivity index (χ0) is 15.4. The molecule has 116 valence electrons. The first kappa shape index (κ1) is 14.5. The van der Waals surface area contributed by atoms with Crippen LogP contribution < -0.4 is 5.32 Å². The van der Waals surface area contributed by atoms with Crippen molar-refractivity contribution in [2.75, 3.05) is 18.4 Å². The summed E-state index contributed by atoms with van der Waals surface area (Å²) in [7, 11) is 0. The SMILES string of the molecule is O=C(Nc1ccc(F)nc1)N1CCC[C@@H](Cn2ccnc2)C1. The molecule has 2 aromatic heterocycles. The van der Waals surface area contributed by atoms with Crippen LogP contribution in [0.2, 0.25) is 0 Å². The van der Waals surface area contributed by atoms with Crippen molar-refractivity contribution in [1.29, 1.82) is 0 Å². The number of pyridine rings is 1. The molecule has 0 bridgehead atoms. The Labute approximate surface area is 128 Å². The van der Waals surface area contributed by atoms with E-state index in [1.807, 2.05) is 10.8 Å². The molecule has 0 aromatic carbocycles.